The number of amides is 1. The van der Waals surface area contributed by atoms with Crippen LogP contribution in [0.5, 0.6) is 0 Å². The number of nitrogens with zero attached hydrogens (tertiary/aromatic N) is 2. The van der Waals surface area contributed by atoms with Crippen LogP contribution >= 0.6 is 11.6 Å². The molecule has 0 bridgehead atoms. The molecule has 0 spiro atoms. The minimum absolute atomic E-state index is 0.00338. The van der Waals surface area contributed by atoms with Gasteiger partial charge in [0.15, 0.2) is 5.82 Å². The van der Waals surface area contributed by atoms with Crippen molar-refractivity contribution in [2.24, 2.45) is 0 Å². The average molecular weight is 370 g/mol. The molecule has 0 unspecified atom stereocenters. The van der Waals surface area contributed by atoms with Gasteiger partial charge in [-0.2, -0.15) is 4.31 Å². The van der Waals surface area contributed by atoms with E-state index in [1.165, 1.54) is 16.4 Å². The first-order chi connectivity index (χ1) is 11.4. The number of carbonyl (C=O) groups excluding carboxylic acids is 1. The van der Waals surface area contributed by atoms with E-state index in [1.807, 2.05) is 0 Å². The minimum atomic E-state index is -3.85. The first-order valence-corrected chi connectivity index (χ1v) is 9.22. The molecule has 1 amide bonds. The molecule has 0 aliphatic carbocycles. The first kappa shape index (κ1) is 16.9. The molecule has 1 aliphatic rings. The van der Waals surface area contributed by atoms with Crippen molar-refractivity contribution in [1.82, 2.24) is 9.46 Å². The van der Waals surface area contributed by atoms with Gasteiger partial charge in [0.1, 0.15) is 16.7 Å². The Morgan fingerprint density at radius 3 is 2.83 bits per heavy atom. The molecule has 1 aromatic carbocycles. The smallest absolute Gasteiger partial charge is 0.245 e. The third kappa shape index (κ3) is 3.17. The summed E-state index contributed by atoms with van der Waals surface area (Å²) in [6.45, 7) is 1.97. The van der Waals surface area contributed by atoms with Crippen LogP contribution in [0.3, 0.4) is 0 Å². The maximum Gasteiger partial charge on any atom is 0.245 e. The van der Waals surface area contributed by atoms with Gasteiger partial charge in [0.25, 0.3) is 0 Å². The fourth-order valence-corrected chi connectivity index (χ4v) is 4.86. The molecule has 1 aromatic heterocycles. The number of sulfonamides is 1. The van der Waals surface area contributed by atoms with Gasteiger partial charge in [-0.3, -0.25) is 4.79 Å². The van der Waals surface area contributed by atoms with E-state index in [2.05, 4.69) is 10.5 Å². The molecular weight excluding hydrogens is 354 g/mol. The van der Waals surface area contributed by atoms with Gasteiger partial charge in [0, 0.05) is 12.6 Å². The summed E-state index contributed by atoms with van der Waals surface area (Å²) in [6.07, 6.45) is 1.03. The first-order valence-electron chi connectivity index (χ1n) is 7.40. The van der Waals surface area contributed by atoms with Crippen molar-refractivity contribution >= 4 is 33.3 Å². The molecular formula is C15H16ClN3O4S. The summed E-state index contributed by atoms with van der Waals surface area (Å²) >= 11 is 6.02. The Balaban J connectivity index is 1.85. The second-order valence-electron chi connectivity index (χ2n) is 5.52. The number of hydrogen-bond donors (Lipinski definition) is 1. The van der Waals surface area contributed by atoms with Crippen molar-refractivity contribution in [3.63, 3.8) is 0 Å². The predicted octanol–water partition coefficient (Wildman–Crippen LogP) is 2.43. The Morgan fingerprint density at radius 2 is 2.17 bits per heavy atom. The Hall–Kier alpha value is -1.90. The van der Waals surface area contributed by atoms with Crippen molar-refractivity contribution in [2.75, 3.05) is 11.9 Å². The number of benzene rings is 1. The van der Waals surface area contributed by atoms with E-state index in [1.54, 1.807) is 25.1 Å². The quantitative estimate of drug-likeness (QED) is 0.893. The molecule has 24 heavy (non-hydrogen) atoms. The summed E-state index contributed by atoms with van der Waals surface area (Å²) in [4.78, 5) is 12.5. The number of aryl methyl sites for hydroxylation is 1. The van der Waals surface area contributed by atoms with Gasteiger partial charge >= 0.3 is 0 Å². The second-order valence-corrected chi connectivity index (χ2v) is 7.78. The minimum Gasteiger partial charge on any atom is -0.360 e. The molecule has 1 saturated heterocycles. The van der Waals surface area contributed by atoms with Crippen LogP contribution < -0.4 is 5.32 Å². The van der Waals surface area contributed by atoms with Crippen molar-refractivity contribution < 1.29 is 17.7 Å². The summed E-state index contributed by atoms with van der Waals surface area (Å²) < 4.78 is 31.8. The highest BCUT2D eigenvalue weighted by Crippen LogP contribution is 2.30. The monoisotopic (exact) mass is 369 g/mol. The zero-order chi connectivity index (χ0) is 17.3. The Bertz CT molecular complexity index is 865. The van der Waals surface area contributed by atoms with Gasteiger partial charge in [-0.1, -0.05) is 28.9 Å². The fraction of sp³-hybridized carbons (Fsp3) is 0.333. The summed E-state index contributed by atoms with van der Waals surface area (Å²) in [6, 6.07) is 6.97. The topological polar surface area (TPSA) is 92.5 Å². The fourth-order valence-electron chi connectivity index (χ4n) is 2.70. The SMILES string of the molecule is Cc1cc(NC(=O)[C@@H]2CCCN2S(=O)(=O)c2ccccc2Cl)no1. The molecule has 3 rings (SSSR count). The van der Waals surface area contributed by atoms with Gasteiger partial charge in [-0.05, 0) is 31.9 Å². The summed E-state index contributed by atoms with van der Waals surface area (Å²) in [5, 5.41) is 6.42. The third-order valence-electron chi connectivity index (χ3n) is 3.81. The molecule has 9 heteroatoms. The van der Waals surface area contributed by atoms with E-state index in [-0.39, 0.29) is 22.3 Å². The molecule has 1 N–H and O–H groups in total. The number of rotatable bonds is 4. The summed E-state index contributed by atoms with van der Waals surface area (Å²) in [5.41, 5.74) is 0. The standard InChI is InChI=1S/C15H16ClN3O4S/c1-10-9-14(18-23-10)17-15(20)12-6-4-8-19(12)24(21,22)13-7-3-2-5-11(13)16/h2-3,5,7,9,12H,4,6,8H2,1H3,(H,17,18,20)/t12-/m0/s1. The summed E-state index contributed by atoms with van der Waals surface area (Å²) in [7, 11) is -3.85. The van der Waals surface area contributed by atoms with Gasteiger partial charge in [0.2, 0.25) is 15.9 Å². The number of halogens is 1. The zero-order valence-electron chi connectivity index (χ0n) is 12.9. The molecule has 1 atom stereocenters. The highest BCUT2D eigenvalue weighted by molar-refractivity contribution is 7.89. The lowest BCUT2D eigenvalue weighted by Crippen LogP contribution is -2.43. The van der Waals surface area contributed by atoms with E-state index in [0.29, 0.717) is 18.6 Å². The summed E-state index contributed by atoms with van der Waals surface area (Å²) in [5.74, 6) is 0.383. The largest absolute Gasteiger partial charge is 0.360 e. The molecule has 1 aliphatic heterocycles. The van der Waals surface area contributed by atoms with E-state index >= 15 is 0 Å². The van der Waals surface area contributed by atoms with Crippen molar-refractivity contribution in [1.29, 1.82) is 0 Å². The van der Waals surface area contributed by atoms with Crippen LogP contribution in [0.15, 0.2) is 39.8 Å². The molecule has 7 nitrogen and oxygen atoms in total. The number of nitrogens with one attached hydrogen (secondary N) is 1. The van der Waals surface area contributed by atoms with Gasteiger partial charge in [0.05, 0.1) is 5.02 Å². The normalized spacial score (nSPS) is 18.7. The van der Waals surface area contributed by atoms with E-state index in [9.17, 15) is 13.2 Å². The van der Waals surface area contributed by atoms with Crippen LogP contribution in [-0.4, -0.2) is 36.4 Å². The van der Waals surface area contributed by atoms with Crippen molar-refractivity contribution in [2.45, 2.75) is 30.7 Å². The van der Waals surface area contributed by atoms with Crippen LogP contribution in [0.25, 0.3) is 0 Å². The van der Waals surface area contributed by atoms with Gasteiger partial charge in [-0.15, -0.1) is 0 Å². The number of carbonyl (C=O) groups is 1. The van der Waals surface area contributed by atoms with E-state index in [4.69, 9.17) is 16.1 Å². The van der Waals surface area contributed by atoms with Gasteiger partial charge in [-0.25, -0.2) is 8.42 Å². The van der Waals surface area contributed by atoms with Gasteiger partial charge < -0.3 is 9.84 Å². The molecule has 0 radical (unpaired) electrons. The molecule has 0 saturated carbocycles. The Labute approximate surface area is 144 Å². The number of aromatic nitrogens is 1. The van der Waals surface area contributed by atoms with Crippen LogP contribution in [0.4, 0.5) is 5.82 Å². The van der Waals surface area contributed by atoms with Crippen molar-refractivity contribution in [3.8, 4) is 0 Å². The maximum atomic E-state index is 12.9. The highest BCUT2D eigenvalue weighted by atomic mass is 35.5. The highest BCUT2D eigenvalue weighted by Gasteiger charge is 2.40. The van der Waals surface area contributed by atoms with E-state index in [0.717, 1.165) is 0 Å². The van der Waals surface area contributed by atoms with Crippen molar-refractivity contribution in [3.05, 3.63) is 41.1 Å². The van der Waals surface area contributed by atoms with E-state index < -0.39 is 22.0 Å². The van der Waals surface area contributed by atoms with Crippen LogP contribution in [0.1, 0.15) is 18.6 Å². The average Bonchev–Trinajstić information content (AvgIpc) is 3.17. The number of hydrogen-bond acceptors (Lipinski definition) is 5. The molecule has 1 fully saturated rings. The maximum absolute atomic E-state index is 12.9. The molecule has 2 heterocycles. The Morgan fingerprint density at radius 1 is 1.42 bits per heavy atom. The molecule has 2 aromatic rings. The number of anilines is 1. The second kappa shape index (κ2) is 6.54. The lowest BCUT2D eigenvalue weighted by molar-refractivity contribution is -0.119. The Kier molecular flexibility index (Phi) is 4.62. The van der Waals surface area contributed by atoms with Crippen LogP contribution in [0.2, 0.25) is 5.02 Å². The predicted molar refractivity (Wildman–Crippen MR) is 88.2 cm³/mol. The lowest BCUT2D eigenvalue weighted by atomic mass is 10.2. The van der Waals surface area contributed by atoms with Crippen LogP contribution in [-0.2, 0) is 14.8 Å². The lowest BCUT2D eigenvalue weighted by Gasteiger charge is -2.23. The zero-order valence-corrected chi connectivity index (χ0v) is 14.5. The third-order valence-corrected chi connectivity index (χ3v) is 6.22. The molecule has 128 valence electrons. The van der Waals surface area contributed by atoms with Crippen LogP contribution in [0, 0.1) is 6.92 Å².